The molecule has 0 radical (unpaired) electrons. The number of aryl methyl sites for hydroxylation is 1. The molecule has 0 saturated carbocycles. The summed E-state index contributed by atoms with van der Waals surface area (Å²) in [6, 6.07) is 4.61. The van der Waals surface area contributed by atoms with Crippen molar-refractivity contribution >= 4 is 11.0 Å². The summed E-state index contributed by atoms with van der Waals surface area (Å²) in [5, 5.41) is 3.35. The normalized spacial score (nSPS) is 17.2. The van der Waals surface area contributed by atoms with Crippen LogP contribution in [0.1, 0.15) is 30.9 Å². The van der Waals surface area contributed by atoms with E-state index in [1.54, 1.807) is 0 Å². The third-order valence-electron chi connectivity index (χ3n) is 4.61. The summed E-state index contributed by atoms with van der Waals surface area (Å²) in [6.07, 6.45) is 5.04. The summed E-state index contributed by atoms with van der Waals surface area (Å²) < 4.78 is 0. The van der Waals surface area contributed by atoms with Crippen LogP contribution in [0.3, 0.4) is 0 Å². The first-order chi connectivity index (χ1) is 10.7. The van der Waals surface area contributed by atoms with Gasteiger partial charge in [-0.25, -0.2) is 0 Å². The van der Waals surface area contributed by atoms with Gasteiger partial charge in [0, 0.05) is 24.3 Å². The standard InChI is InChI=1S/C17H24N4O/c1-3-13-9-15-16(20-17(13)22)8-12(10-19-15)11-21-6-4-14(18-2)5-7-21/h8-10,14,18H,3-7,11H2,1-2H3,(H,20,22). The van der Waals surface area contributed by atoms with Crippen molar-refractivity contribution in [1.29, 1.82) is 0 Å². The molecule has 0 atom stereocenters. The van der Waals surface area contributed by atoms with E-state index in [-0.39, 0.29) is 5.56 Å². The first kappa shape index (κ1) is 15.2. The lowest BCUT2D eigenvalue weighted by Gasteiger charge is -2.31. The summed E-state index contributed by atoms with van der Waals surface area (Å²) >= 11 is 0. The van der Waals surface area contributed by atoms with Gasteiger partial charge >= 0.3 is 0 Å². The van der Waals surface area contributed by atoms with Crippen LogP contribution in [0.25, 0.3) is 11.0 Å². The van der Waals surface area contributed by atoms with Gasteiger partial charge in [0.2, 0.25) is 0 Å². The number of hydrogen-bond donors (Lipinski definition) is 2. The molecule has 1 aliphatic rings. The zero-order valence-corrected chi connectivity index (χ0v) is 13.4. The summed E-state index contributed by atoms with van der Waals surface area (Å²) in [4.78, 5) is 21.9. The number of aromatic amines is 1. The van der Waals surface area contributed by atoms with E-state index in [0.717, 1.165) is 48.2 Å². The molecule has 2 aromatic rings. The predicted octanol–water partition coefficient (Wildman–Crippen LogP) is 1.67. The number of pyridine rings is 2. The maximum Gasteiger partial charge on any atom is 0.251 e. The Morgan fingerprint density at radius 2 is 2.14 bits per heavy atom. The Balaban J connectivity index is 1.76. The van der Waals surface area contributed by atoms with Crippen molar-refractivity contribution in [3.63, 3.8) is 0 Å². The van der Waals surface area contributed by atoms with Crippen LogP contribution in [-0.4, -0.2) is 41.0 Å². The Morgan fingerprint density at radius 1 is 1.36 bits per heavy atom. The molecule has 3 rings (SSSR count). The maximum atomic E-state index is 11.9. The number of nitrogens with one attached hydrogen (secondary N) is 2. The molecule has 2 N–H and O–H groups in total. The van der Waals surface area contributed by atoms with Gasteiger partial charge in [-0.15, -0.1) is 0 Å². The van der Waals surface area contributed by atoms with E-state index in [2.05, 4.69) is 26.3 Å². The SMILES string of the molecule is CCc1cc2ncc(CN3CCC(NC)CC3)cc2[nH]c1=O. The molecule has 1 aliphatic heterocycles. The average Bonchev–Trinajstić information content (AvgIpc) is 2.55. The van der Waals surface area contributed by atoms with Gasteiger partial charge in [-0.05, 0) is 57.1 Å². The largest absolute Gasteiger partial charge is 0.320 e. The highest BCUT2D eigenvalue weighted by Crippen LogP contribution is 2.16. The second kappa shape index (κ2) is 6.58. The number of nitrogens with zero attached hydrogens (tertiary/aromatic N) is 2. The highest BCUT2D eigenvalue weighted by Gasteiger charge is 2.17. The topological polar surface area (TPSA) is 61.0 Å². The highest BCUT2D eigenvalue weighted by atomic mass is 16.1. The molecule has 0 unspecified atom stereocenters. The molecule has 1 fully saturated rings. The van der Waals surface area contributed by atoms with E-state index in [9.17, 15) is 4.79 Å². The van der Waals surface area contributed by atoms with Crippen molar-refractivity contribution in [1.82, 2.24) is 20.2 Å². The monoisotopic (exact) mass is 300 g/mol. The van der Waals surface area contributed by atoms with Gasteiger partial charge in [0.25, 0.3) is 5.56 Å². The summed E-state index contributed by atoms with van der Waals surface area (Å²) in [7, 11) is 2.04. The van der Waals surface area contributed by atoms with Gasteiger partial charge in [-0.2, -0.15) is 0 Å². The molecule has 118 valence electrons. The molecule has 1 saturated heterocycles. The van der Waals surface area contributed by atoms with Crippen LogP contribution in [0, 0.1) is 0 Å². The predicted molar refractivity (Wildman–Crippen MR) is 89.1 cm³/mol. The molecule has 0 aromatic carbocycles. The van der Waals surface area contributed by atoms with Gasteiger partial charge in [0.1, 0.15) is 0 Å². The van der Waals surface area contributed by atoms with E-state index < -0.39 is 0 Å². The molecule has 0 amide bonds. The quantitative estimate of drug-likeness (QED) is 0.902. The molecule has 0 bridgehead atoms. The fourth-order valence-corrected chi connectivity index (χ4v) is 3.15. The van der Waals surface area contributed by atoms with Crippen LogP contribution < -0.4 is 10.9 Å². The Hall–Kier alpha value is -1.72. The molecule has 0 spiro atoms. The van der Waals surface area contributed by atoms with Crippen LogP contribution in [0.5, 0.6) is 0 Å². The van der Waals surface area contributed by atoms with Crippen molar-refractivity contribution in [2.45, 2.75) is 38.8 Å². The molecule has 5 heteroatoms. The van der Waals surface area contributed by atoms with E-state index >= 15 is 0 Å². The van der Waals surface area contributed by atoms with E-state index in [1.807, 2.05) is 26.2 Å². The van der Waals surface area contributed by atoms with E-state index in [0.29, 0.717) is 6.04 Å². The fraction of sp³-hybridized carbons (Fsp3) is 0.529. The van der Waals surface area contributed by atoms with Gasteiger partial charge in [0.05, 0.1) is 11.0 Å². The van der Waals surface area contributed by atoms with E-state index in [4.69, 9.17) is 0 Å². The molecule has 22 heavy (non-hydrogen) atoms. The number of rotatable bonds is 4. The average molecular weight is 300 g/mol. The van der Waals surface area contributed by atoms with Crippen molar-refractivity contribution in [2.75, 3.05) is 20.1 Å². The highest BCUT2D eigenvalue weighted by molar-refractivity contribution is 5.74. The van der Waals surface area contributed by atoms with Crippen molar-refractivity contribution in [2.24, 2.45) is 0 Å². The van der Waals surface area contributed by atoms with Gasteiger partial charge in [0.15, 0.2) is 0 Å². The molecule has 3 heterocycles. The van der Waals surface area contributed by atoms with Crippen LogP contribution in [-0.2, 0) is 13.0 Å². The van der Waals surface area contributed by atoms with Crippen LogP contribution in [0.15, 0.2) is 23.1 Å². The summed E-state index contributed by atoms with van der Waals surface area (Å²) in [5.74, 6) is 0. The lowest BCUT2D eigenvalue weighted by atomic mass is 10.0. The first-order valence-corrected chi connectivity index (χ1v) is 8.10. The third-order valence-corrected chi connectivity index (χ3v) is 4.61. The lowest BCUT2D eigenvalue weighted by Crippen LogP contribution is -2.40. The Labute approximate surface area is 130 Å². The minimum absolute atomic E-state index is 0.00350. The molecular formula is C17H24N4O. The van der Waals surface area contributed by atoms with Gasteiger partial charge in [-0.1, -0.05) is 6.92 Å². The Kier molecular flexibility index (Phi) is 4.55. The zero-order valence-electron chi connectivity index (χ0n) is 13.4. The Morgan fingerprint density at radius 3 is 2.82 bits per heavy atom. The van der Waals surface area contributed by atoms with Crippen LogP contribution >= 0.6 is 0 Å². The number of H-pyrrole nitrogens is 1. The van der Waals surface area contributed by atoms with Crippen molar-refractivity contribution in [3.8, 4) is 0 Å². The molecule has 0 aliphatic carbocycles. The molecule has 5 nitrogen and oxygen atoms in total. The summed E-state index contributed by atoms with van der Waals surface area (Å²) in [5.41, 5.74) is 3.67. The van der Waals surface area contributed by atoms with Gasteiger partial charge in [-0.3, -0.25) is 14.7 Å². The minimum atomic E-state index is 0.00350. The Bertz CT molecular complexity index is 701. The fourth-order valence-electron chi connectivity index (χ4n) is 3.15. The summed E-state index contributed by atoms with van der Waals surface area (Å²) in [6.45, 7) is 5.10. The number of aromatic nitrogens is 2. The van der Waals surface area contributed by atoms with Crippen LogP contribution in [0.4, 0.5) is 0 Å². The first-order valence-electron chi connectivity index (χ1n) is 8.10. The lowest BCUT2D eigenvalue weighted by molar-refractivity contribution is 0.194. The smallest absolute Gasteiger partial charge is 0.251 e. The van der Waals surface area contributed by atoms with Crippen LogP contribution in [0.2, 0.25) is 0 Å². The van der Waals surface area contributed by atoms with Gasteiger partial charge < -0.3 is 10.3 Å². The van der Waals surface area contributed by atoms with E-state index in [1.165, 1.54) is 12.8 Å². The number of piperidine rings is 1. The van der Waals surface area contributed by atoms with Crippen molar-refractivity contribution in [3.05, 3.63) is 39.8 Å². The second-order valence-electron chi connectivity index (χ2n) is 6.09. The van der Waals surface area contributed by atoms with Crippen molar-refractivity contribution < 1.29 is 0 Å². The third kappa shape index (κ3) is 3.20. The maximum absolute atomic E-state index is 11.9. The zero-order chi connectivity index (χ0) is 15.5. The number of fused-ring (bicyclic) bond motifs is 1. The molecule has 2 aromatic heterocycles. The second-order valence-corrected chi connectivity index (χ2v) is 6.09. The minimum Gasteiger partial charge on any atom is -0.320 e. The number of hydrogen-bond acceptors (Lipinski definition) is 4. The molecular weight excluding hydrogens is 276 g/mol. The number of likely N-dealkylation sites (tertiary alicyclic amines) is 1.